The molecule has 1 aliphatic rings. The van der Waals surface area contributed by atoms with E-state index in [2.05, 4.69) is 10.3 Å². The topological polar surface area (TPSA) is 52.6 Å². The highest BCUT2D eigenvalue weighted by Gasteiger charge is 2.17. The van der Waals surface area contributed by atoms with Crippen LogP contribution in [0.25, 0.3) is 10.8 Å². The Balaban J connectivity index is 1.94. The molecule has 21 heavy (non-hydrogen) atoms. The lowest BCUT2D eigenvalue weighted by Gasteiger charge is -2.18. The van der Waals surface area contributed by atoms with Crippen LogP contribution in [-0.2, 0) is 4.74 Å². The number of hydrogen-bond donors (Lipinski definition) is 1. The summed E-state index contributed by atoms with van der Waals surface area (Å²) in [4.78, 5) is 4.43. The number of fused-ring (bicyclic) bond motifs is 2. The molecule has 3 rings (SSSR count). The lowest BCUT2D eigenvalue weighted by molar-refractivity contribution is 0.174. The summed E-state index contributed by atoms with van der Waals surface area (Å²) in [6.07, 6.45) is 2.58. The van der Waals surface area contributed by atoms with Crippen LogP contribution in [0.4, 0.5) is 5.82 Å². The second-order valence-electron chi connectivity index (χ2n) is 4.86. The first kappa shape index (κ1) is 14.2. The number of alkyl halides is 1. The van der Waals surface area contributed by atoms with Crippen LogP contribution < -0.4 is 14.8 Å². The molecule has 1 aliphatic heterocycles. The molecule has 1 N–H and O–H groups in total. The van der Waals surface area contributed by atoms with E-state index in [1.807, 2.05) is 18.2 Å². The minimum atomic E-state index is 0.121. The second-order valence-corrected chi connectivity index (χ2v) is 5.24. The molecule has 2 heterocycles. The van der Waals surface area contributed by atoms with Gasteiger partial charge in [0.1, 0.15) is 5.82 Å². The molecule has 6 heteroatoms. The number of benzene rings is 1. The zero-order valence-corrected chi connectivity index (χ0v) is 12.5. The van der Waals surface area contributed by atoms with Gasteiger partial charge in [-0.25, -0.2) is 4.98 Å². The van der Waals surface area contributed by atoms with Gasteiger partial charge in [0.05, 0.1) is 12.6 Å². The summed E-state index contributed by atoms with van der Waals surface area (Å²) >= 11 is 5.84. The van der Waals surface area contributed by atoms with E-state index < -0.39 is 0 Å². The van der Waals surface area contributed by atoms with Gasteiger partial charge in [0.2, 0.25) is 6.79 Å². The molecule has 1 aromatic heterocycles. The SMILES string of the molecule is COCC(CCCl)Nc1nccc2cc3c(cc12)OCO3. The van der Waals surface area contributed by atoms with Gasteiger partial charge in [-0.1, -0.05) is 0 Å². The average molecular weight is 309 g/mol. The minimum absolute atomic E-state index is 0.121. The van der Waals surface area contributed by atoms with Crippen LogP contribution in [-0.4, -0.2) is 37.4 Å². The summed E-state index contributed by atoms with van der Waals surface area (Å²) in [5.41, 5.74) is 0. The quantitative estimate of drug-likeness (QED) is 0.831. The summed E-state index contributed by atoms with van der Waals surface area (Å²) in [6.45, 7) is 0.843. The molecule has 0 saturated heterocycles. The molecular formula is C15H17ClN2O3. The van der Waals surface area contributed by atoms with Gasteiger partial charge in [-0.05, 0) is 30.0 Å². The Kier molecular flexibility index (Phi) is 4.31. The fraction of sp³-hybridized carbons (Fsp3) is 0.400. The Morgan fingerprint density at radius 3 is 2.95 bits per heavy atom. The minimum Gasteiger partial charge on any atom is -0.454 e. The number of hydrogen-bond acceptors (Lipinski definition) is 5. The van der Waals surface area contributed by atoms with Crippen LogP contribution in [0, 0.1) is 0 Å². The predicted octanol–water partition coefficient (Wildman–Crippen LogP) is 3.02. The largest absolute Gasteiger partial charge is 0.454 e. The molecule has 2 aromatic rings. The van der Waals surface area contributed by atoms with E-state index in [0.717, 1.165) is 34.5 Å². The van der Waals surface area contributed by atoms with Crippen molar-refractivity contribution in [2.24, 2.45) is 0 Å². The number of pyridine rings is 1. The summed E-state index contributed by atoms with van der Waals surface area (Å²) in [6, 6.07) is 6.00. The monoisotopic (exact) mass is 308 g/mol. The standard InChI is InChI=1S/C15H17ClN2O3/c1-19-8-11(2-4-16)18-15-12-7-14-13(20-9-21-14)6-10(12)3-5-17-15/h3,5-7,11H,2,4,8-9H2,1H3,(H,17,18). The van der Waals surface area contributed by atoms with E-state index in [-0.39, 0.29) is 12.8 Å². The van der Waals surface area contributed by atoms with E-state index in [1.54, 1.807) is 13.3 Å². The normalized spacial score (nSPS) is 14.4. The second kappa shape index (κ2) is 6.37. The number of anilines is 1. The molecule has 0 aliphatic carbocycles. The summed E-state index contributed by atoms with van der Waals surface area (Å²) in [7, 11) is 1.68. The van der Waals surface area contributed by atoms with E-state index in [4.69, 9.17) is 25.8 Å². The fourth-order valence-electron chi connectivity index (χ4n) is 2.40. The number of ether oxygens (including phenoxy) is 3. The zero-order valence-electron chi connectivity index (χ0n) is 11.8. The van der Waals surface area contributed by atoms with Crippen LogP contribution >= 0.6 is 11.6 Å². The first-order chi connectivity index (χ1) is 10.3. The third-order valence-corrected chi connectivity index (χ3v) is 3.64. The van der Waals surface area contributed by atoms with Crippen LogP contribution in [0.2, 0.25) is 0 Å². The van der Waals surface area contributed by atoms with Crippen molar-refractivity contribution in [3.05, 3.63) is 24.4 Å². The lowest BCUT2D eigenvalue weighted by Crippen LogP contribution is -2.26. The zero-order chi connectivity index (χ0) is 14.7. The highest BCUT2D eigenvalue weighted by atomic mass is 35.5. The molecule has 0 spiro atoms. The van der Waals surface area contributed by atoms with Crippen molar-refractivity contribution in [1.82, 2.24) is 4.98 Å². The predicted molar refractivity (Wildman–Crippen MR) is 82.5 cm³/mol. The number of nitrogens with zero attached hydrogens (tertiary/aromatic N) is 1. The molecular weight excluding hydrogens is 292 g/mol. The first-order valence-corrected chi connectivity index (χ1v) is 7.35. The van der Waals surface area contributed by atoms with E-state index in [0.29, 0.717) is 12.5 Å². The smallest absolute Gasteiger partial charge is 0.231 e. The maximum atomic E-state index is 5.84. The van der Waals surface area contributed by atoms with E-state index >= 15 is 0 Å². The van der Waals surface area contributed by atoms with Gasteiger partial charge >= 0.3 is 0 Å². The van der Waals surface area contributed by atoms with Crippen molar-refractivity contribution >= 4 is 28.2 Å². The van der Waals surface area contributed by atoms with Crippen molar-refractivity contribution in [2.75, 3.05) is 31.7 Å². The van der Waals surface area contributed by atoms with Gasteiger partial charge < -0.3 is 19.5 Å². The number of rotatable bonds is 6. The van der Waals surface area contributed by atoms with Crippen LogP contribution in [0.15, 0.2) is 24.4 Å². The van der Waals surface area contributed by atoms with Crippen LogP contribution in [0.1, 0.15) is 6.42 Å². The Hall–Kier alpha value is -1.72. The van der Waals surface area contributed by atoms with Gasteiger partial charge in [-0.2, -0.15) is 0 Å². The molecule has 0 radical (unpaired) electrons. The van der Waals surface area contributed by atoms with Gasteiger partial charge in [-0.3, -0.25) is 0 Å². The first-order valence-electron chi connectivity index (χ1n) is 6.81. The maximum absolute atomic E-state index is 5.84. The molecule has 0 bridgehead atoms. The lowest BCUT2D eigenvalue weighted by atomic mass is 10.1. The number of methoxy groups -OCH3 is 1. The third kappa shape index (κ3) is 2.99. The third-order valence-electron chi connectivity index (χ3n) is 3.42. The van der Waals surface area contributed by atoms with Gasteiger partial charge in [0, 0.05) is 24.6 Å². The van der Waals surface area contributed by atoms with E-state index in [9.17, 15) is 0 Å². The Morgan fingerprint density at radius 1 is 1.38 bits per heavy atom. The average Bonchev–Trinajstić information content (AvgIpc) is 2.93. The van der Waals surface area contributed by atoms with Gasteiger partial charge in [0.15, 0.2) is 11.5 Å². The molecule has 1 aromatic carbocycles. The van der Waals surface area contributed by atoms with Crippen LogP contribution in [0.3, 0.4) is 0 Å². The van der Waals surface area contributed by atoms with E-state index in [1.165, 1.54) is 0 Å². The Morgan fingerprint density at radius 2 is 2.19 bits per heavy atom. The number of halogens is 1. The van der Waals surface area contributed by atoms with Crippen molar-refractivity contribution < 1.29 is 14.2 Å². The highest BCUT2D eigenvalue weighted by Crippen LogP contribution is 2.37. The fourth-order valence-corrected chi connectivity index (χ4v) is 2.66. The van der Waals surface area contributed by atoms with Crippen molar-refractivity contribution in [3.8, 4) is 11.5 Å². The van der Waals surface area contributed by atoms with Gasteiger partial charge in [-0.15, -0.1) is 11.6 Å². The molecule has 112 valence electrons. The summed E-state index contributed by atoms with van der Waals surface area (Å²) in [5, 5.41) is 5.45. The molecule has 0 saturated carbocycles. The summed E-state index contributed by atoms with van der Waals surface area (Å²) in [5.74, 6) is 2.89. The highest BCUT2D eigenvalue weighted by molar-refractivity contribution is 6.17. The number of aromatic nitrogens is 1. The van der Waals surface area contributed by atoms with Crippen molar-refractivity contribution in [2.45, 2.75) is 12.5 Å². The van der Waals surface area contributed by atoms with Crippen molar-refractivity contribution in [3.63, 3.8) is 0 Å². The summed E-state index contributed by atoms with van der Waals surface area (Å²) < 4.78 is 16.1. The molecule has 0 amide bonds. The maximum Gasteiger partial charge on any atom is 0.231 e. The molecule has 1 unspecified atom stereocenters. The molecule has 0 fully saturated rings. The molecule has 5 nitrogen and oxygen atoms in total. The van der Waals surface area contributed by atoms with Crippen LogP contribution in [0.5, 0.6) is 11.5 Å². The Labute approximate surface area is 128 Å². The number of nitrogens with one attached hydrogen (secondary N) is 1. The van der Waals surface area contributed by atoms with Crippen molar-refractivity contribution in [1.29, 1.82) is 0 Å². The Bertz CT molecular complexity index is 630. The van der Waals surface area contributed by atoms with Gasteiger partial charge in [0.25, 0.3) is 0 Å². The molecule has 1 atom stereocenters.